The Balaban J connectivity index is 1.38. The maximum atomic E-state index is 12.4. The standard InChI is InChI=1S/C24H20Cl3N3O3S/c25-16-1-4-21(30-7-9-32-10-8-30)20(14-16)28-24(34)29-23(31)6-3-19-2-5-22(33-19)15-11-17(26)13-18(27)12-15/h1-6,11-14H,7-10H2,(H2,28,29,31,34)/b6-3+. The van der Waals surface area contributed by atoms with Crippen LogP contribution in [0.1, 0.15) is 5.76 Å². The van der Waals surface area contributed by atoms with Crippen LogP contribution >= 0.6 is 47.0 Å². The highest BCUT2D eigenvalue weighted by Crippen LogP contribution is 2.30. The molecule has 34 heavy (non-hydrogen) atoms. The molecule has 1 amide bonds. The van der Waals surface area contributed by atoms with E-state index in [4.69, 9.17) is 56.2 Å². The van der Waals surface area contributed by atoms with E-state index in [9.17, 15) is 4.79 Å². The van der Waals surface area contributed by atoms with Gasteiger partial charge in [0.2, 0.25) is 5.91 Å². The Labute approximate surface area is 217 Å². The molecule has 6 nitrogen and oxygen atoms in total. The van der Waals surface area contributed by atoms with Crippen LogP contribution in [0.5, 0.6) is 0 Å². The Kier molecular flexibility index (Phi) is 8.13. The average molecular weight is 537 g/mol. The summed E-state index contributed by atoms with van der Waals surface area (Å²) in [6, 6.07) is 14.2. The summed E-state index contributed by atoms with van der Waals surface area (Å²) in [5, 5.41) is 7.42. The SMILES string of the molecule is O=C(/C=C/c1ccc(-c2cc(Cl)cc(Cl)c2)o1)NC(=S)Nc1cc(Cl)ccc1N1CCOCC1. The average Bonchev–Trinajstić information content (AvgIpc) is 3.27. The van der Waals surface area contributed by atoms with Crippen molar-refractivity contribution in [1.29, 1.82) is 0 Å². The van der Waals surface area contributed by atoms with Crippen LogP contribution in [-0.4, -0.2) is 37.3 Å². The molecule has 1 aromatic heterocycles. The van der Waals surface area contributed by atoms with Gasteiger partial charge < -0.3 is 19.4 Å². The molecule has 0 aliphatic carbocycles. The Bertz CT molecular complexity index is 1220. The third kappa shape index (κ3) is 6.52. The van der Waals surface area contributed by atoms with Gasteiger partial charge >= 0.3 is 0 Å². The lowest BCUT2D eigenvalue weighted by atomic mass is 10.2. The van der Waals surface area contributed by atoms with Crippen molar-refractivity contribution in [3.05, 3.63) is 75.4 Å². The summed E-state index contributed by atoms with van der Waals surface area (Å²) in [6.45, 7) is 2.80. The zero-order chi connectivity index (χ0) is 24.1. The number of rotatable bonds is 5. The van der Waals surface area contributed by atoms with E-state index in [1.165, 1.54) is 6.08 Å². The minimum absolute atomic E-state index is 0.153. The van der Waals surface area contributed by atoms with Gasteiger partial charge in [-0.2, -0.15) is 0 Å². The molecular weight excluding hydrogens is 517 g/mol. The molecule has 1 fully saturated rings. The first-order valence-electron chi connectivity index (χ1n) is 10.4. The zero-order valence-corrected chi connectivity index (χ0v) is 20.9. The maximum Gasteiger partial charge on any atom is 0.250 e. The summed E-state index contributed by atoms with van der Waals surface area (Å²) >= 11 is 23.6. The second-order valence-corrected chi connectivity index (χ2v) is 9.12. The van der Waals surface area contributed by atoms with E-state index in [0.717, 1.165) is 24.3 Å². The lowest BCUT2D eigenvalue weighted by molar-refractivity contribution is -0.115. The van der Waals surface area contributed by atoms with Crippen LogP contribution in [0.25, 0.3) is 17.4 Å². The van der Waals surface area contributed by atoms with E-state index in [1.807, 2.05) is 12.1 Å². The number of nitrogens with zero attached hydrogens (tertiary/aromatic N) is 1. The minimum Gasteiger partial charge on any atom is -0.457 e. The van der Waals surface area contributed by atoms with Crippen LogP contribution in [-0.2, 0) is 9.53 Å². The molecule has 4 rings (SSSR count). The lowest BCUT2D eigenvalue weighted by Gasteiger charge is -2.30. The number of nitrogens with one attached hydrogen (secondary N) is 2. The van der Waals surface area contributed by atoms with Gasteiger partial charge in [-0.1, -0.05) is 34.8 Å². The molecule has 0 radical (unpaired) electrons. The smallest absolute Gasteiger partial charge is 0.250 e. The highest BCUT2D eigenvalue weighted by atomic mass is 35.5. The molecule has 0 saturated carbocycles. The summed E-state index contributed by atoms with van der Waals surface area (Å²) in [7, 11) is 0. The third-order valence-corrected chi connectivity index (χ3v) is 5.84. The number of hydrogen-bond acceptors (Lipinski definition) is 5. The molecule has 0 spiro atoms. The lowest BCUT2D eigenvalue weighted by Crippen LogP contribution is -2.37. The fourth-order valence-electron chi connectivity index (χ4n) is 3.45. The van der Waals surface area contributed by atoms with Crippen molar-refractivity contribution in [3.8, 4) is 11.3 Å². The molecule has 1 aliphatic heterocycles. The largest absolute Gasteiger partial charge is 0.457 e. The third-order valence-electron chi connectivity index (χ3n) is 4.97. The van der Waals surface area contributed by atoms with E-state index in [-0.39, 0.29) is 5.11 Å². The molecule has 176 valence electrons. The van der Waals surface area contributed by atoms with Gasteiger partial charge in [0.1, 0.15) is 11.5 Å². The van der Waals surface area contributed by atoms with Crippen molar-refractivity contribution in [1.82, 2.24) is 5.32 Å². The van der Waals surface area contributed by atoms with Crippen molar-refractivity contribution in [3.63, 3.8) is 0 Å². The van der Waals surface area contributed by atoms with Crippen molar-refractivity contribution in [2.24, 2.45) is 0 Å². The van der Waals surface area contributed by atoms with Crippen molar-refractivity contribution < 1.29 is 13.9 Å². The Morgan fingerprint density at radius 3 is 2.44 bits per heavy atom. The summed E-state index contributed by atoms with van der Waals surface area (Å²) in [4.78, 5) is 14.6. The van der Waals surface area contributed by atoms with E-state index in [0.29, 0.717) is 45.5 Å². The maximum absolute atomic E-state index is 12.4. The second-order valence-electron chi connectivity index (χ2n) is 7.40. The number of thiocarbonyl (C=S) groups is 1. The Morgan fingerprint density at radius 1 is 0.971 bits per heavy atom. The van der Waals surface area contributed by atoms with Gasteiger partial charge in [-0.25, -0.2) is 0 Å². The molecule has 2 aromatic carbocycles. The second kappa shape index (κ2) is 11.3. The number of anilines is 2. The van der Waals surface area contributed by atoms with Gasteiger partial charge in [0.25, 0.3) is 0 Å². The molecule has 2 heterocycles. The monoisotopic (exact) mass is 535 g/mol. The van der Waals surface area contributed by atoms with E-state index >= 15 is 0 Å². The van der Waals surface area contributed by atoms with Crippen LogP contribution in [0, 0.1) is 0 Å². The number of furan rings is 1. The number of morpholine rings is 1. The van der Waals surface area contributed by atoms with E-state index in [2.05, 4.69) is 15.5 Å². The number of amides is 1. The molecule has 0 atom stereocenters. The number of carbonyl (C=O) groups excluding carboxylic acids is 1. The number of benzene rings is 2. The zero-order valence-electron chi connectivity index (χ0n) is 17.8. The number of ether oxygens (including phenoxy) is 1. The Hall–Kier alpha value is -2.55. The van der Waals surface area contributed by atoms with Crippen LogP contribution in [0.2, 0.25) is 15.1 Å². The van der Waals surface area contributed by atoms with Crippen molar-refractivity contribution in [2.75, 3.05) is 36.5 Å². The van der Waals surface area contributed by atoms with Crippen LogP contribution in [0.15, 0.2) is 59.0 Å². The van der Waals surface area contributed by atoms with Gasteiger partial charge in [0.05, 0.1) is 24.6 Å². The van der Waals surface area contributed by atoms with Crippen molar-refractivity contribution in [2.45, 2.75) is 0 Å². The van der Waals surface area contributed by atoms with Crippen LogP contribution < -0.4 is 15.5 Å². The topological polar surface area (TPSA) is 66.7 Å². The fourth-order valence-corrected chi connectivity index (χ4v) is 4.36. The molecular formula is C24H20Cl3N3O3S. The molecule has 1 saturated heterocycles. The molecule has 0 unspecified atom stereocenters. The van der Waals surface area contributed by atoms with Crippen molar-refractivity contribution >= 4 is 75.5 Å². The van der Waals surface area contributed by atoms with Crippen LogP contribution in [0.4, 0.5) is 11.4 Å². The van der Waals surface area contributed by atoms with Gasteiger partial charge in [0.15, 0.2) is 5.11 Å². The van der Waals surface area contributed by atoms with E-state index in [1.54, 1.807) is 42.5 Å². The van der Waals surface area contributed by atoms with Gasteiger partial charge in [-0.05, 0) is 66.8 Å². The molecule has 10 heteroatoms. The molecule has 1 aliphatic rings. The summed E-state index contributed by atoms with van der Waals surface area (Å²) < 4.78 is 11.2. The Morgan fingerprint density at radius 2 is 1.71 bits per heavy atom. The predicted octanol–water partition coefficient (Wildman–Crippen LogP) is 6.27. The highest BCUT2D eigenvalue weighted by Gasteiger charge is 2.16. The molecule has 2 N–H and O–H groups in total. The number of carbonyl (C=O) groups is 1. The first-order chi connectivity index (χ1) is 16.4. The highest BCUT2D eigenvalue weighted by molar-refractivity contribution is 7.80. The van der Waals surface area contributed by atoms with Gasteiger partial charge in [0, 0.05) is 39.8 Å². The quantitative estimate of drug-likeness (QED) is 0.296. The first-order valence-corrected chi connectivity index (χ1v) is 11.9. The fraction of sp³-hybridized carbons (Fsp3) is 0.167. The van der Waals surface area contributed by atoms with E-state index < -0.39 is 5.91 Å². The van der Waals surface area contributed by atoms with Gasteiger partial charge in [-0.15, -0.1) is 0 Å². The predicted molar refractivity (Wildman–Crippen MR) is 142 cm³/mol. The summed E-state index contributed by atoms with van der Waals surface area (Å²) in [6.07, 6.45) is 2.88. The number of hydrogen-bond donors (Lipinski definition) is 2. The summed E-state index contributed by atoms with van der Waals surface area (Å²) in [5.74, 6) is 0.666. The molecule has 3 aromatic rings. The molecule has 0 bridgehead atoms. The number of halogens is 3. The normalized spacial score (nSPS) is 13.8. The first kappa shape index (κ1) is 24.6. The summed E-state index contributed by atoms with van der Waals surface area (Å²) in [5.41, 5.74) is 2.38. The minimum atomic E-state index is -0.406. The van der Waals surface area contributed by atoms with Gasteiger partial charge in [-0.3, -0.25) is 10.1 Å². The van der Waals surface area contributed by atoms with Crippen LogP contribution in [0.3, 0.4) is 0 Å².